The highest BCUT2D eigenvalue weighted by Gasteiger charge is 2.30. The molecule has 164 valence electrons. The van der Waals surface area contributed by atoms with E-state index in [1.165, 1.54) is 12.8 Å². The second-order valence-electron chi connectivity index (χ2n) is 8.44. The van der Waals surface area contributed by atoms with Crippen molar-refractivity contribution in [3.8, 4) is 17.3 Å². The van der Waals surface area contributed by atoms with Crippen LogP contribution >= 0.6 is 0 Å². The Kier molecular flexibility index (Phi) is 6.49. The van der Waals surface area contributed by atoms with Gasteiger partial charge in [0.15, 0.2) is 0 Å². The first-order valence-corrected chi connectivity index (χ1v) is 11.4. The molecule has 1 aliphatic rings. The molecule has 1 fully saturated rings. The number of unbranched alkanes of at least 4 members (excludes halogenated alkanes) is 1. The smallest absolute Gasteiger partial charge is 0.268 e. The van der Waals surface area contributed by atoms with Crippen LogP contribution in [0.15, 0.2) is 34.7 Å². The Morgan fingerprint density at radius 1 is 1.26 bits per heavy atom. The van der Waals surface area contributed by atoms with Crippen LogP contribution in [0.2, 0.25) is 0 Å². The molecule has 7 heteroatoms. The average molecular weight is 422 g/mol. The van der Waals surface area contributed by atoms with Crippen LogP contribution in [-0.2, 0) is 0 Å². The Bertz CT molecular complexity index is 1030. The Morgan fingerprint density at radius 2 is 2.10 bits per heavy atom. The molecule has 2 aromatic heterocycles. The lowest BCUT2D eigenvalue weighted by Crippen LogP contribution is -2.29. The highest BCUT2D eigenvalue weighted by atomic mass is 16.4. The Labute approximate surface area is 183 Å². The number of nitrogens with zero attached hydrogens (tertiary/aromatic N) is 4. The molecule has 0 radical (unpaired) electrons. The maximum Gasteiger partial charge on any atom is 0.268 e. The monoisotopic (exact) mass is 421 g/mol. The van der Waals surface area contributed by atoms with Crippen molar-refractivity contribution in [3.63, 3.8) is 0 Å². The Balaban J connectivity index is 1.54. The summed E-state index contributed by atoms with van der Waals surface area (Å²) < 4.78 is 7.48. The standard InChI is InChI=1S/C24H31N5O2/c1-4-6-8-17(5-2)15-25-23(30)19-9-7-10-20(13-19)29-22(18-11-12-18)14-21(28-29)24-27-26-16(3)31-24/h7,9-10,13-14,17-18H,4-6,8,11-12,15H2,1-3H3,(H,25,30). The van der Waals surface area contributed by atoms with Crippen molar-refractivity contribution in [1.29, 1.82) is 0 Å². The zero-order valence-corrected chi connectivity index (χ0v) is 18.6. The van der Waals surface area contributed by atoms with Gasteiger partial charge in [0.05, 0.1) is 5.69 Å². The van der Waals surface area contributed by atoms with Crippen LogP contribution < -0.4 is 5.32 Å². The van der Waals surface area contributed by atoms with Gasteiger partial charge < -0.3 is 9.73 Å². The molecule has 7 nitrogen and oxygen atoms in total. The van der Waals surface area contributed by atoms with Crippen LogP contribution in [0.5, 0.6) is 0 Å². The van der Waals surface area contributed by atoms with E-state index in [1.54, 1.807) is 6.92 Å². The van der Waals surface area contributed by atoms with Gasteiger partial charge in [0.1, 0.15) is 5.69 Å². The summed E-state index contributed by atoms with van der Waals surface area (Å²) in [5, 5.41) is 15.9. The summed E-state index contributed by atoms with van der Waals surface area (Å²) in [6, 6.07) is 9.68. The lowest BCUT2D eigenvalue weighted by Gasteiger charge is -2.15. The van der Waals surface area contributed by atoms with Gasteiger partial charge in [-0.1, -0.05) is 39.2 Å². The first-order valence-electron chi connectivity index (χ1n) is 11.4. The first-order chi connectivity index (χ1) is 15.1. The molecular weight excluding hydrogens is 390 g/mol. The van der Waals surface area contributed by atoms with Crippen molar-refractivity contribution < 1.29 is 9.21 Å². The van der Waals surface area contributed by atoms with E-state index in [2.05, 4.69) is 29.4 Å². The van der Waals surface area contributed by atoms with Crippen molar-refractivity contribution in [2.45, 2.75) is 65.2 Å². The molecule has 1 amide bonds. The molecule has 0 aliphatic heterocycles. The fraction of sp³-hybridized carbons (Fsp3) is 0.500. The van der Waals surface area contributed by atoms with Crippen molar-refractivity contribution in [3.05, 3.63) is 47.5 Å². The molecule has 1 atom stereocenters. The number of nitrogens with one attached hydrogen (secondary N) is 1. The number of benzene rings is 1. The summed E-state index contributed by atoms with van der Waals surface area (Å²) in [4.78, 5) is 12.8. The topological polar surface area (TPSA) is 85.8 Å². The van der Waals surface area contributed by atoms with Crippen LogP contribution in [0.25, 0.3) is 17.3 Å². The Hall–Kier alpha value is -2.96. The number of carbonyl (C=O) groups excluding carboxylic acids is 1. The molecule has 2 heterocycles. The van der Waals surface area contributed by atoms with E-state index in [4.69, 9.17) is 9.52 Å². The maximum atomic E-state index is 12.8. The van der Waals surface area contributed by atoms with E-state index < -0.39 is 0 Å². The third kappa shape index (κ3) is 5.03. The fourth-order valence-corrected chi connectivity index (χ4v) is 3.84. The van der Waals surface area contributed by atoms with E-state index in [9.17, 15) is 4.79 Å². The number of hydrogen-bond donors (Lipinski definition) is 1. The van der Waals surface area contributed by atoms with Gasteiger partial charge in [-0.05, 0) is 49.4 Å². The zero-order chi connectivity index (χ0) is 21.8. The normalized spacial score (nSPS) is 14.5. The number of carbonyl (C=O) groups is 1. The lowest BCUT2D eigenvalue weighted by atomic mass is 9.99. The molecule has 1 aliphatic carbocycles. The van der Waals surface area contributed by atoms with Crippen LogP contribution in [0.4, 0.5) is 0 Å². The van der Waals surface area contributed by atoms with Gasteiger partial charge in [-0.2, -0.15) is 5.10 Å². The minimum absolute atomic E-state index is 0.0373. The van der Waals surface area contributed by atoms with Crippen molar-refractivity contribution in [2.75, 3.05) is 6.54 Å². The van der Waals surface area contributed by atoms with E-state index in [-0.39, 0.29) is 5.91 Å². The highest BCUT2D eigenvalue weighted by molar-refractivity contribution is 5.94. The first kappa shape index (κ1) is 21.3. The molecule has 1 aromatic carbocycles. The predicted molar refractivity (Wildman–Crippen MR) is 119 cm³/mol. The molecule has 31 heavy (non-hydrogen) atoms. The third-order valence-electron chi connectivity index (χ3n) is 5.93. The molecule has 1 unspecified atom stereocenters. The lowest BCUT2D eigenvalue weighted by molar-refractivity contribution is 0.0945. The van der Waals surface area contributed by atoms with Crippen LogP contribution in [0, 0.1) is 12.8 Å². The maximum absolute atomic E-state index is 12.8. The third-order valence-corrected chi connectivity index (χ3v) is 5.93. The summed E-state index contributed by atoms with van der Waals surface area (Å²) in [6.45, 7) is 6.87. The SMILES string of the molecule is CCCCC(CC)CNC(=O)c1cccc(-n2nc(-c3nnc(C)o3)cc2C2CC2)c1. The summed E-state index contributed by atoms with van der Waals surface area (Å²) >= 11 is 0. The molecule has 0 spiro atoms. The van der Waals surface area contributed by atoms with Crippen LogP contribution in [0.3, 0.4) is 0 Å². The quantitative estimate of drug-likeness (QED) is 0.495. The largest absolute Gasteiger partial charge is 0.420 e. The van der Waals surface area contributed by atoms with Gasteiger partial charge in [0.2, 0.25) is 5.89 Å². The van der Waals surface area contributed by atoms with Crippen LogP contribution in [0.1, 0.15) is 80.2 Å². The van der Waals surface area contributed by atoms with Gasteiger partial charge in [-0.25, -0.2) is 4.68 Å². The van der Waals surface area contributed by atoms with E-state index in [0.717, 1.165) is 43.6 Å². The summed E-state index contributed by atoms with van der Waals surface area (Å²) in [5.41, 5.74) is 3.30. The van der Waals surface area contributed by atoms with Gasteiger partial charge in [0.25, 0.3) is 11.8 Å². The van der Waals surface area contributed by atoms with E-state index >= 15 is 0 Å². The van der Waals surface area contributed by atoms with E-state index in [0.29, 0.717) is 34.9 Å². The number of rotatable bonds is 10. The number of aromatic nitrogens is 4. The van der Waals surface area contributed by atoms with Gasteiger partial charge in [-0.3, -0.25) is 4.79 Å². The van der Waals surface area contributed by atoms with Crippen molar-refractivity contribution in [1.82, 2.24) is 25.3 Å². The fourth-order valence-electron chi connectivity index (χ4n) is 3.84. The van der Waals surface area contributed by atoms with Crippen LogP contribution in [-0.4, -0.2) is 32.4 Å². The molecule has 0 bridgehead atoms. The Morgan fingerprint density at radius 3 is 2.77 bits per heavy atom. The van der Waals surface area contributed by atoms with Crippen molar-refractivity contribution in [2.24, 2.45) is 5.92 Å². The summed E-state index contributed by atoms with van der Waals surface area (Å²) in [5.74, 6) is 1.90. The molecule has 0 saturated heterocycles. The predicted octanol–water partition coefficient (Wildman–Crippen LogP) is 5.05. The van der Waals surface area contributed by atoms with Gasteiger partial charge >= 0.3 is 0 Å². The minimum Gasteiger partial charge on any atom is -0.420 e. The summed E-state index contributed by atoms with van der Waals surface area (Å²) in [6.07, 6.45) is 6.91. The molecule has 1 saturated carbocycles. The van der Waals surface area contributed by atoms with Gasteiger partial charge in [-0.15, -0.1) is 10.2 Å². The number of amides is 1. The number of aryl methyl sites for hydroxylation is 1. The molecule has 4 rings (SSSR count). The summed E-state index contributed by atoms with van der Waals surface area (Å²) in [7, 11) is 0. The second kappa shape index (κ2) is 9.45. The zero-order valence-electron chi connectivity index (χ0n) is 18.6. The second-order valence-corrected chi connectivity index (χ2v) is 8.44. The number of hydrogen-bond acceptors (Lipinski definition) is 5. The average Bonchev–Trinajstić information content (AvgIpc) is 3.39. The molecular formula is C24H31N5O2. The minimum atomic E-state index is -0.0373. The molecule has 1 N–H and O–H groups in total. The highest BCUT2D eigenvalue weighted by Crippen LogP contribution is 2.42. The van der Waals surface area contributed by atoms with Gasteiger partial charge in [0, 0.05) is 30.6 Å². The van der Waals surface area contributed by atoms with Crippen molar-refractivity contribution >= 4 is 5.91 Å². The molecule has 3 aromatic rings. The van der Waals surface area contributed by atoms with E-state index in [1.807, 2.05) is 35.0 Å².